The molecule has 0 spiro atoms. The first-order valence-corrected chi connectivity index (χ1v) is 12.8. The Morgan fingerprint density at radius 1 is 0.973 bits per heavy atom. The third kappa shape index (κ3) is 5.13. The predicted octanol–water partition coefficient (Wildman–Crippen LogP) is 4.27. The lowest BCUT2D eigenvalue weighted by Gasteiger charge is -2.09. The van der Waals surface area contributed by atoms with Gasteiger partial charge >= 0.3 is 5.69 Å². The largest absolute Gasteiger partial charge is 0.335 e. The number of imidazole rings is 2. The van der Waals surface area contributed by atoms with Crippen molar-refractivity contribution in [2.24, 2.45) is 0 Å². The summed E-state index contributed by atoms with van der Waals surface area (Å²) in [7, 11) is 0. The van der Waals surface area contributed by atoms with Crippen molar-refractivity contribution in [3.63, 3.8) is 0 Å². The molecule has 0 aliphatic rings. The number of tetrazole rings is 1. The molecule has 0 unspecified atom stereocenters. The average Bonchev–Trinajstić information content (AvgIpc) is 3.69. The summed E-state index contributed by atoms with van der Waals surface area (Å²) in [6.07, 6.45) is 12.5. The van der Waals surface area contributed by atoms with Gasteiger partial charge in [-0.3, -0.25) is 9.55 Å². The number of aromatic nitrogens is 9. The molecule has 1 N–H and O–H groups in total. The molecule has 0 fully saturated rings. The van der Waals surface area contributed by atoms with Gasteiger partial charge < -0.3 is 4.57 Å². The van der Waals surface area contributed by atoms with E-state index in [4.69, 9.17) is 4.98 Å². The van der Waals surface area contributed by atoms with Gasteiger partial charge in [-0.05, 0) is 36.1 Å². The van der Waals surface area contributed by atoms with E-state index in [2.05, 4.69) is 39.5 Å². The van der Waals surface area contributed by atoms with Crippen LogP contribution in [0.5, 0.6) is 0 Å². The van der Waals surface area contributed by atoms with Gasteiger partial charge in [-0.2, -0.15) is 5.21 Å². The van der Waals surface area contributed by atoms with E-state index in [0.29, 0.717) is 18.3 Å². The van der Waals surface area contributed by atoms with Crippen molar-refractivity contribution in [2.45, 2.75) is 59.0 Å². The van der Waals surface area contributed by atoms with Crippen LogP contribution in [-0.4, -0.2) is 44.3 Å². The molecule has 0 aliphatic carbocycles. The minimum absolute atomic E-state index is 0.0941. The van der Waals surface area contributed by atoms with Gasteiger partial charge in [-0.15, -0.1) is 10.2 Å². The summed E-state index contributed by atoms with van der Waals surface area (Å²) in [6.45, 7) is 5.54. The molecular weight excluding hydrogens is 466 g/mol. The molecular formula is C27H31N9O. The molecule has 0 aliphatic heterocycles. The summed E-state index contributed by atoms with van der Waals surface area (Å²) in [5, 5.41) is 14.4. The van der Waals surface area contributed by atoms with Crippen LogP contribution >= 0.6 is 0 Å². The lowest BCUT2D eigenvalue weighted by atomic mass is 10.0. The Hall–Kier alpha value is -4.34. The molecule has 37 heavy (non-hydrogen) atoms. The Labute approximate surface area is 215 Å². The molecule has 5 aromatic rings. The Kier molecular flexibility index (Phi) is 7.34. The summed E-state index contributed by atoms with van der Waals surface area (Å²) in [4.78, 5) is 22.8. The smallest absolute Gasteiger partial charge is 0.317 e. The van der Waals surface area contributed by atoms with E-state index < -0.39 is 0 Å². The van der Waals surface area contributed by atoms with E-state index in [9.17, 15) is 4.79 Å². The van der Waals surface area contributed by atoms with Crippen LogP contribution < -0.4 is 5.69 Å². The molecule has 0 bridgehead atoms. The van der Waals surface area contributed by atoms with Crippen molar-refractivity contribution in [3.8, 4) is 28.5 Å². The van der Waals surface area contributed by atoms with Gasteiger partial charge in [0.25, 0.3) is 0 Å². The molecule has 190 valence electrons. The minimum atomic E-state index is -0.0941. The highest BCUT2D eigenvalue weighted by atomic mass is 16.1. The van der Waals surface area contributed by atoms with E-state index in [1.807, 2.05) is 64.1 Å². The van der Waals surface area contributed by atoms with Gasteiger partial charge in [0.15, 0.2) is 0 Å². The first-order valence-electron chi connectivity index (χ1n) is 12.8. The van der Waals surface area contributed by atoms with Crippen molar-refractivity contribution < 1.29 is 0 Å². The Balaban J connectivity index is 1.45. The zero-order chi connectivity index (χ0) is 25.6. The minimum Gasteiger partial charge on any atom is -0.317 e. The molecule has 0 atom stereocenters. The van der Waals surface area contributed by atoms with Crippen LogP contribution in [0.15, 0.2) is 66.0 Å². The number of nitrogens with one attached hydrogen (secondary N) is 1. The maximum absolute atomic E-state index is 13.6. The van der Waals surface area contributed by atoms with Crippen molar-refractivity contribution in [1.29, 1.82) is 0 Å². The first-order chi connectivity index (χ1) is 18.2. The second-order valence-electron chi connectivity index (χ2n) is 9.06. The number of nitrogens with zero attached hydrogens (tertiary/aromatic N) is 8. The van der Waals surface area contributed by atoms with E-state index in [0.717, 1.165) is 66.7 Å². The van der Waals surface area contributed by atoms with Crippen molar-refractivity contribution in [3.05, 3.63) is 83.1 Å². The fourth-order valence-electron chi connectivity index (χ4n) is 4.47. The van der Waals surface area contributed by atoms with Crippen molar-refractivity contribution in [2.75, 3.05) is 0 Å². The number of aryl methyl sites for hydroxylation is 2. The Morgan fingerprint density at radius 3 is 2.54 bits per heavy atom. The van der Waals surface area contributed by atoms with E-state index in [-0.39, 0.29) is 5.69 Å². The normalized spacial score (nSPS) is 11.3. The van der Waals surface area contributed by atoms with E-state index in [1.54, 1.807) is 10.8 Å². The molecule has 4 aromatic heterocycles. The summed E-state index contributed by atoms with van der Waals surface area (Å²) in [5.41, 5.74) is 4.49. The SMILES string of the molecule is CCCCc1cn(-c2nccn2CCCC)c(=O)n1Cc1ccc(-c2ccccc2-c2nn[nH]n2)cn1. The Morgan fingerprint density at radius 2 is 1.81 bits per heavy atom. The van der Waals surface area contributed by atoms with Crippen LogP contribution in [0.1, 0.15) is 50.9 Å². The number of benzene rings is 1. The van der Waals surface area contributed by atoms with Crippen LogP contribution in [0, 0.1) is 0 Å². The standard InChI is InChI=1S/C27H31N9O/c1-3-5-9-22-19-36(26-28-14-16-34(26)15-6-4-2)27(37)35(22)18-21-13-12-20(17-29-21)23-10-7-8-11-24(23)25-30-32-33-31-25/h7-8,10-14,16-17,19H,3-6,9,15,18H2,1-2H3,(H,30,31,32,33). The lowest BCUT2D eigenvalue weighted by Crippen LogP contribution is -2.26. The third-order valence-corrected chi connectivity index (χ3v) is 6.48. The fourth-order valence-corrected chi connectivity index (χ4v) is 4.47. The third-order valence-electron chi connectivity index (χ3n) is 6.48. The lowest BCUT2D eigenvalue weighted by molar-refractivity contribution is 0.607. The topological polar surface area (TPSA) is 112 Å². The van der Waals surface area contributed by atoms with Crippen molar-refractivity contribution in [1.82, 2.24) is 44.3 Å². The highest BCUT2D eigenvalue weighted by Crippen LogP contribution is 2.29. The van der Waals surface area contributed by atoms with Gasteiger partial charge in [-0.1, -0.05) is 57.0 Å². The summed E-state index contributed by atoms with van der Waals surface area (Å²) < 4.78 is 5.55. The number of H-pyrrole nitrogens is 1. The number of aromatic amines is 1. The summed E-state index contributed by atoms with van der Waals surface area (Å²) >= 11 is 0. The molecule has 5 rings (SSSR count). The number of hydrogen-bond acceptors (Lipinski definition) is 6. The number of rotatable bonds is 11. The van der Waals surface area contributed by atoms with E-state index >= 15 is 0 Å². The zero-order valence-corrected chi connectivity index (χ0v) is 21.2. The van der Waals surface area contributed by atoms with Crippen LogP contribution in [0.4, 0.5) is 0 Å². The average molecular weight is 498 g/mol. The first kappa shape index (κ1) is 24.4. The molecule has 10 nitrogen and oxygen atoms in total. The quantitative estimate of drug-likeness (QED) is 0.292. The van der Waals surface area contributed by atoms with Gasteiger partial charge in [-0.25, -0.2) is 14.3 Å². The van der Waals surface area contributed by atoms with Crippen molar-refractivity contribution >= 4 is 0 Å². The fraction of sp³-hybridized carbons (Fsp3) is 0.333. The van der Waals surface area contributed by atoms with Crippen LogP contribution in [0.3, 0.4) is 0 Å². The second kappa shape index (κ2) is 11.2. The van der Waals surface area contributed by atoms with E-state index in [1.165, 1.54) is 0 Å². The summed E-state index contributed by atoms with van der Waals surface area (Å²) in [6, 6.07) is 11.9. The maximum atomic E-state index is 13.6. The molecule has 10 heteroatoms. The molecule has 4 heterocycles. The number of pyridine rings is 1. The van der Waals surface area contributed by atoms with Gasteiger partial charge in [0.2, 0.25) is 11.8 Å². The molecule has 0 saturated carbocycles. The van der Waals surface area contributed by atoms with Crippen LogP contribution in [0.2, 0.25) is 0 Å². The van der Waals surface area contributed by atoms with Gasteiger partial charge in [0.1, 0.15) is 0 Å². The second-order valence-corrected chi connectivity index (χ2v) is 9.06. The maximum Gasteiger partial charge on any atom is 0.335 e. The van der Waals surface area contributed by atoms with Gasteiger partial charge in [0.05, 0.1) is 12.2 Å². The summed E-state index contributed by atoms with van der Waals surface area (Å²) in [5.74, 6) is 1.20. The Bertz CT molecular complexity index is 1490. The number of hydrogen-bond donors (Lipinski definition) is 1. The molecule has 0 amide bonds. The van der Waals surface area contributed by atoms with Crippen LogP contribution in [-0.2, 0) is 19.5 Å². The highest BCUT2D eigenvalue weighted by Gasteiger charge is 2.17. The van der Waals surface area contributed by atoms with Crippen LogP contribution in [0.25, 0.3) is 28.5 Å². The monoisotopic (exact) mass is 497 g/mol. The molecule has 0 radical (unpaired) electrons. The zero-order valence-electron chi connectivity index (χ0n) is 21.2. The van der Waals surface area contributed by atoms with Gasteiger partial charge in [0, 0.05) is 48.2 Å². The predicted molar refractivity (Wildman–Crippen MR) is 141 cm³/mol. The molecule has 1 aromatic carbocycles. The number of unbranched alkanes of at least 4 members (excludes halogenated alkanes) is 2. The highest BCUT2D eigenvalue weighted by molar-refractivity contribution is 5.79. The molecule has 0 saturated heterocycles.